The largest absolute Gasteiger partial charge is 0.390 e. The molecule has 5 nitrogen and oxygen atoms in total. The standard InChI is InChI=1S/C12H22N2O3/c1-10(15)13(3)9-11(16)14-7-4-5-12(2,17)6-8-14/h17H,4-9H2,1-3H3. The predicted molar refractivity (Wildman–Crippen MR) is 64.4 cm³/mol. The maximum Gasteiger partial charge on any atom is 0.242 e. The Labute approximate surface area is 102 Å². The highest BCUT2D eigenvalue weighted by molar-refractivity contribution is 5.83. The maximum atomic E-state index is 11.9. The molecule has 2 amide bonds. The van der Waals surface area contributed by atoms with E-state index in [2.05, 4.69) is 0 Å². The van der Waals surface area contributed by atoms with Crippen LogP contribution in [0.1, 0.15) is 33.1 Å². The molecule has 1 unspecified atom stereocenters. The van der Waals surface area contributed by atoms with Crippen LogP contribution >= 0.6 is 0 Å². The molecule has 1 aliphatic rings. The summed E-state index contributed by atoms with van der Waals surface area (Å²) < 4.78 is 0. The molecule has 0 radical (unpaired) electrons. The Morgan fingerprint density at radius 3 is 2.59 bits per heavy atom. The zero-order valence-electron chi connectivity index (χ0n) is 10.9. The monoisotopic (exact) mass is 242 g/mol. The highest BCUT2D eigenvalue weighted by Gasteiger charge is 2.27. The fourth-order valence-electron chi connectivity index (χ4n) is 1.93. The number of hydrogen-bond donors (Lipinski definition) is 1. The molecule has 1 fully saturated rings. The van der Waals surface area contributed by atoms with E-state index in [4.69, 9.17) is 0 Å². The lowest BCUT2D eigenvalue weighted by Crippen LogP contribution is -2.41. The fourth-order valence-corrected chi connectivity index (χ4v) is 1.93. The second-order valence-corrected chi connectivity index (χ2v) is 5.11. The Morgan fingerprint density at radius 2 is 2.00 bits per heavy atom. The highest BCUT2D eigenvalue weighted by Crippen LogP contribution is 2.21. The van der Waals surface area contributed by atoms with Gasteiger partial charge in [-0.1, -0.05) is 0 Å². The molecule has 1 heterocycles. The molecular weight excluding hydrogens is 220 g/mol. The summed E-state index contributed by atoms with van der Waals surface area (Å²) in [6.45, 7) is 4.61. The number of rotatable bonds is 2. The van der Waals surface area contributed by atoms with Gasteiger partial charge in [0.05, 0.1) is 12.1 Å². The van der Waals surface area contributed by atoms with Gasteiger partial charge in [0, 0.05) is 27.1 Å². The first-order chi connectivity index (χ1) is 7.82. The molecule has 0 aliphatic carbocycles. The van der Waals surface area contributed by atoms with E-state index in [0.29, 0.717) is 19.5 Å². The third-order valence-electron chi connectivity index (χ3n) is 3.33. The van der Waals surface area contributed by atoms with Crippen molar-refractivity contribution < 1.29 is 14.7 Å². The highest BCUT2D eigenvalue weighted by atomic mass is 16.3. The summed E-state index contributed by atoms with van der Waals surface area (Å²) in [6, 6.07) is 0. The minimum Gasteiger partial charge on any atom is -0.390 e. The number of carbonyl (C=O) groups is 2. The molecule has 0 saturated carbocycles. The van der Waals surface area contributed by atoms with Crippen LogP contribution in [0.25, 0.3) is 0 Å². The minimum absolute atomic E-state index is 0.0413. The molecule has 98 valence electrons. The van der Waals surface area contributed by atoms with Gasteiger partial charge >= 0.3 is 0 Å². The molecule has 0 aromatic heterocycles. The average molecular weight is 242 g/mol. The van der Waals surface area contributed by atoms with Gasteiger partial charge in [-0.2, -0.15) is 0 Å². The normalized spacial score (nSPS) is 25.3. The van der Waals surface area contributed by atoms with Crippen LogP contribution in [0.2, 0.25) is 0 Å². The lowest BCUT2D eigenvalue weighted by Gasteiger charge is -2.24. The fraction of sp³-hybridized carbons (Fsp3) is 0.833. The van der Waals surface area contributed by atoms with Crippen molar-refractivity contribution in [3.8, 4) is 0 Å². The Kier molecular flexibility index (Phi) is 4.51. The molecule has 0 aromatic carbocycles. The van der Waals surface area contributed by atoms with E-state index < -0.39 is 5.60 Å². The van der Waals surface area contributed by atoms with Crippen molar-refractivity contribution in [2.75, 3.05) is 26.7 Å². The Balaban J connectivity index is 2.50. The van der Waals surface area contributed by atoms with E-state index in [1.807, 2.05) is 6.92 Å². The van der Waals surface area contributed by atoms with Gasteiger partial charge in [0.2, 0.25) is 11.8 Å². The summed E-state index contributed by atoms with van der Waals surface area (Å²) in [7, 11) is 1.62. The number of likely N-dealkylation sites (tertiary alicyclic amines) is 1. The van der Waals surface area contributed by atoms with Crippen molar-refractivity contribution in [1.82, 2.24) is 9.80 Å². The third-order valence-corrected chi connectivity index (χ3v) is 3.33. The number of carbonyl (C=O) groups excluding carboxylic acids is 2. The van der Waals surface area contributed by atoms with E-state index >= 15 is 0 Å². The Hall–Kier alpha value is -1.10. The summed E-state index contributed by atoms with van der Waals surface area (Å²) in [5, 5.41) is 9.92. The number of amides is 2. The van der Waals surface area contributed by atoms with Crippen LogP contribution < -0.4 is 0 Å². The van der Waals surface area contributed by atoms with Crippen LogP contribution in [0.4, 0.5) is 0 Å². The lowest BCUT2D eigenvalue weighted by molar-refractivity contribution is -0.138. The van der Waals surface area contributed by atoms with Gasteiger partial charge in [-0.05, 0) is 26.2 Å². The van der Waals surface area contributed by atoms with E-state index in [1.165, 1.54) is 11.8 Å². The first kappa shape index (κ1) is 14.0. The van der Waals surface area contributed by atoms with Gasteiger partial charge in [0.1, 0.15) is 0 Å². The SMILES string of the molecule is CC(=O)N(C)CC(=O)N1CCCC(C)(O)CC1. The van der Waals surface area contributed by atoms with Crippen LogP contribution in [0.3, 0.4) is 0 Å². The molecule has 5 heteroatoms. The molecule has 0 spiro atoms. The number of nitrogens with zero attached hydrogens (tertiary/aromatic N) is 2. The van der Waals surface area contributed by atoms with Gasteiger partial charge in [0.15, 0.2) is 0 Å². The van der Waals surface area contributed by atoms with Gasteiger partial charge in [-0.25, -0.2) is 0 Å². The van der Waals surface area contributed by atoms with Crippen molar-refractivity contribution in [2.24, 2.45) is 0 Å². The molecule has 1 atom stereocenters. The molecule has 1 aliphatic heterocycles. The molecule has 17 heavy (non-hydrogen) atoms. The summed E-state index contributed by atoms with van der Waals surface area (Å²) in [5.74, 6) is -0.152. The Morgan fingerprint density at radius 1 is 1.35 bits per heavy atom. The third kappa shape index (κ3) is 4.34. The zero-order valence-corrected chi connectivity index (χ0v) is 10.9. The van der Waals surface area contributed by atoms with Crippen LogP contribution in [-0.4, -0.2) is 59.0 Å². The van der Waals surface area contributed by atoms with Gasteiger partial charge in [-0.3, -0.25) is 9.59 Å². The maximum absolute atomic E-state index is 11.9. The Bertz CT molecular complexity index is 302. The first-order valence-corrected chi connectivity index (χ1v) is 6.04. The minimum atomic E-state index is -0.665. The lowest BCUT2D eigenvalue weighted by atomic mass is 9.98. The summed E-state index contributed by atoms with van der Waals surface area (Å²) in [6.07, 6.45) is 2.13. The first-order valence-electron chi connectivity index (χ1n) is 6.04. The van der Waals surface area contributed by atoms with Crippen molar-refractivity contribution in [2.45, 2.75) is 38.7 Å². The number of aliphatic hydroxyl groups is 1. The predicted octanol–water partition coefficient (Wildman–Crippen LogP) is 0.228. The van der Waals surface area contributed by atoms with E-state index in [0.717, 1.165) is 12.8 Å². The molecule has 0 bridgehead atoms. The topological polar surface area (TPSA) is 60.9 Å². The van der Waals surface area contributed by atoms with E-state index in [9.17, 15) is 14.7 Å². The van der Waals surface area contributed by atoms with Crippen LogP contribution in [-0.2, 0) is 9.59 Å². The molecule has 1 rings (SSSR count). The smallest absolute Gasteiger partial charge is 0.242 e. The second kappa shape index (κ2) is 5.49. The van der Waals surface area contributed by atoms with Gasteiger partial charge in [0.25, 0.3) is 0 Å². The van der Waals surface area contributed by atoms with Crippen molar-refractivity contribution in [3.05, 3.63) is 0 Å². The molecule has 0 aromatic rings. The quantitative estimate of drug-likeness (QED) is 0.754. The number of likely N-dealkylation sites (N-methyl/N-ethyl adjacent to an activating group) is 1. The second-order valence-electron chi connectivity index (χ2n) is 5.11. The summed E-state index contributed by atoms with van der Waals surface area (Å²) in [5.41, 5.74) is -0.665. The van der Waals surface area contributed by atoms with Crippen LogP contribution in [0.15, 0.2) is 0 Å². The van der Waals surface area contributed by atoms with Crippen molar-refractivity contribution in [1.29, 1.82) is 0 Å². The zero-order chi connectivity index (χ0) is 13.1. The van der Waals surface area contributed by atoms with Crippen molar-refractivity contribution in [3.63, 3.8) is 0 Å². The molecule has 1 N–H and O–H groups in total. The number of hydrogen-bond acceptors (Lipinski definition) is 3. The summed E-state index contributed by atoms with van der Waals surface area (Å²) in [4.78, 5) is 26.1. The van der Waals surface area contributed by atoms with Gasteiger partial charge < -0.3 is 14.9 Å². The van der Waals surface area contributed by atoms with Gasteiger partial charge in [-0.15, -0.1) is 0 Å². The van der Waals surface area contributed by atoms with Crippen LogP contribution in [0, 0.1) is 0 Å². The van der Waals surface area contributed by atoms with E-state index in [-0.39, 0.29) is 18.4 Å². The van der Waals surface area contributed by atoms with Crippen LogP contribution in [0.5, 0.6) is 0 Å². The summed E-state index contributed by atoms with van der Waals surface area (Å²) >= 11 is 0. The average Bonchev–Trinajstić information content (AvgIpc) is 2.39. The molecular formula is C12H22N2O3. The van der Waals surface area contributed by atoms with Crippen molar-refractivity contribution >= 4 is 11.8 Å². The van der Waals surface area contributed by atoms with E-state index in [1.54, 1.807) is 11.9 Å². The molecule has 1 saturated heterocycles.